The number of furan rings is 1. The van der Waals surface area contributed by atoms with Crippen molar-refractivity contribution in [1.29, 1.82) is 0 Å². The second kappa shape index (κ2) is 6.10. The van der Waals surface area contributed by atoms with Gasteiger partial charge in [0.1, 0.15) is 5.76 Å². The predicted molar refractivity (Wildman–Crippen MR) is 76.2 cm³/mol. The molecule has 0 N–H and O–H groups in total. The van der Waals surface area contributed by atoms with Crippen LogP contribution in [0.3, 0.4) is 0 Å². The molecule has 96 valence electrons. The Kier molecular flexibility index (Phi) is 4.48. The topological polar surface area (TPSA) is 13.1 Å². The van der Waals surface area contributed by atoms with Crippen LogP contribution in [0.2, 0.25) is 0 Å². The number of unbranched alkanes of at least 4 members (excludes halogenated alkanes) is 1. The fraction of sp³-hybridized carbons (Fsp3) is 0.375. The van der Waals surface area contributed by atoms with Crippen LogP contribution in [0.4, 0.5) is 0 Å². The van der Waals surface area contributed by atoms with Crippen LogP contribution in [0, 0.1) is 6.92 Å². The highest BCUT2D eigenvalue weighted by Crippen LogP contribution is 2.30. The first-order valence-electron chi connectivity index (χ1n) is 6.48. The number of halogens is 1. The summed E-state index contributed by atoms with van der Waals surface area (Å²) in [6, 6.07) is 10.6. The van der Waals surface area contributed by atoms with E-state index in [0.717, 1.165) is 23.3 Å². The van der Waals surface area contributed by atoms with Gasteiger partial charge in [-0.05, 0) is 37.0 Å². The molecule has 2 heteroatoms. The maximum absolute atomic E-state index is 6.44. The average Bonchev–Trinajstić information content (AvgIpc) is 2.83. The van der Waals surface area contributed by atoms with E-state index in [1.54, 1.807) is 6.26 Å². The Morgan fingerprint density at radius 1 is 1.17 bits per heavy atom. The van der Waals surface area contributed by atoms with Gasteiger partial charge in [-0.2, -0.15) is 0 Å². The second-order valence-corrected chi connectivity index (χ2v) is 5.13. The third-order valence-corrected chi connectivity index (χ3v) is 3.64. The number of hydrogen-bond acceptors (Lipinski definition) is 1. The van der Waals surface area contributed by atoms with E-state index >= 15 is 0 Å². The van der Waals surface area contributed by atoms with E-state index in [2.05, 4.69) is 31.2 Å². The number of hydrogen-bond donors (Lipinski definition) is 0. The molecular weight excluding hydrogens is 244 g/mol. The number of aryl methyl sites for hydroxylation is 2. The van der Waals surface area contributed by atoms with E-state index in [1.165, 1.54) is 18.4 Å². The van der Waals surface area contributed by atoms with Crippen LogP contribution in [0.5, 0.6) is 0 Å². The van der Waals surface area contributed by atoms with E-state index < -0.39 is 0 Å². The third-order valence-electron chi connectivity index (χ3n) is 3.13. The molecule has 0 amide bonds. The molecule has 1 aromatic carbocycles. The monoisotopic (exact) mass is 262 g/mol. The molecular formula is C16H19ClO. The highest BCUT2D eigenvalue weighted by atomic mass is 35.5. The summed E-state index contributed by atoms with van der Waals surface area (Å²) in [6.45, 7) is 4.14. The largest absolute Gasteiger partial charge is 0.469 e. The molecule has 1 unspecified atom stereocenters. The Bertz CT molecular complexity index is 484. The Morgan fingerprint density at radius 2 is 1.89 bits per heavy atom. The van der Waals surface area contributed by atoms with E-state index in [9.17, 15) is 0 Å². The zero-order valence-electron chi connectivity index (χ0n) is 10.9. The zero-order chi connectivity index (χ0) is 13.0. The van der Waals surface area contributed by atoms with Crippen LogP contribution >= 0.6 is 11.6 Å². The molecule has 2 aromatic rings. The lowest BCUT2D eigenvalue weighted by molar-refractivity contribution is 0.532. The Morgan fingerprint density at radius 3 is 2.44 bits per heavy atom. The molecule has 0 radical (unpaired) electrons. The molecule has 2 rings (SSSR count). The predicted octanol–water partition coefficient (Wildman–Crippen LogP) is 5.26. The van der Waals surface area contributed by atoms with Crippen LogP contribution in [0.25, 0.3) is 0 Å². The second-order valence-electron chi connectivity index (χ2n) is 4.70. The molecule has 1 atom stereocenters. The zero-order valence-corrected chi connectivity index (χ0v) is 11.7. The van der Waals surface area contributed by atoms with Crippen molar-refractivity contribution >= 4 is 11.6 Å². The minimum Gasteiger partial charge on any atom is -0.469 e. The Labute approximate surface area is 114 Å². The van der Waals surface area contributed by atoms with E-state index in [1.807, 2.05) is 13.0 Å². The van der Waals surface area contributed by atoms with Gasteiger partial charge in [-0.1, -0.05) is 37.6 Å². The van der Waals surface area contributed by atoms with Gasteiger partial charge in [0, 0.05) is 5.56 Å². The summed E-state index contributed by atoms with van der Waals surface area (Å²) in [4.78, 5) is 0. The summed E-state index contributed by atoms with van der Waals surface area (Å²) in [5, 5.41) is -0.123. The lowest BCUT2D eigenvalue weighted by atomic mass is 10.0. The summed E-state index contributed by atoms with van der Waals surface area (Å²) in [6.07, 6.45) is 5.35. The number of rotatable bonds is 5. The minimum atomic E-state index is -0.123. The van der Waals surface area contributed by atoms with Gasteiger partial charge in [0.05, 0.1) is 11.6 Å². The van der Waals surface area contributed by atoms with Gasteiger partial charge in [0.25, 0.3) is 0 Å². The fourth-order valence-corrected chi connectivity index (χ4v) is 2.28. The Hall–Kier alpha value is -1.21. The highest BCUT2D eigenvalue weighted by Gasteiger charge is 2.12. The molecule has 0 aliphatic rings. The number of benzene rings is 1. The van der Waals surface area contributed by atoms with Crippen molar-refractivity contribution in [2.45, 2.75) is 38.5 Å². The lowest BCUT2D eigenvalue weighted by Gasteiger charge is -2.08. The van der Waals surface area contributed by atoms with E-state index in [-0.39, 0.29) is 5.38 Å². The maximum atomic E-state index is 6.44. The normalized spacial score (nSPS) is 12.6. The van der Waals surface area contributed by atoms with E-state index in [4.69, 9.17) is 16.0 Å². The van der Waals surface area contributed by atoms with Crippen molar-refractivity contribution in [3.8, 4) is 0 Å². The van der Waals surface area contributed by atoms with Crippen LogP contribution < -0.4 is 0 Å². The van der Waals surface area contributed by atoms with Crippen molar-refractivity contribution in [3.05, 3.63) is 59.0 Å². The first-order valence-corrected chi connectivity index (χ1v) is 6.92. The summed E-state index contributed by atoms with van der Waals surface area (Å²) in [5.74, 6) is 0.898. The molecule has 1 nitrogen and oxygen atoms in total. The molecule has 1 heterocycles. The smallest absolute Gasteiger partial charge is 0.101 e. The van der Waals surface area contributed by atoms with Gasteiger partial charge < -0.3 is 4.42 Å². The quantitative estimate of drug-likeness (QED) is 0.670. The van der Waals surface area contributed by atoms with Gasteiger partial charge in [0.15, 0.2) is 0 Å². The lowest BCUT2D eigenvalue weighted by Crippen LogP contribution is -1.92. The summed E-state index contributed by atoms with van der Waals surface area (Å²) >= 11 is 6.44. The van der Waals surface area contributed by atoms with Crippen LogP contribution in [-0.4, -0.2) is 0 Å². The molecule has 0 saturated heterocycles. The minimum absolute atomic E-state index is 0.123. The molecule has 0 aliphatic carbocycles. The van der Waals surface area contributed by atoms with Gasteiger partial charge in [-0.25, -0.2) is 0 Å². The molecule has 0 fully saturated rings. The van der Waals surface area contributed by atoms with Gasteiger partial charge >= 0.3 is 0 Å². The first-order chi connectivity index (χ1) is 8.70. The van der Waals surface area contributed by atoms with Crippen LogP contribution in [-0.2, 0) is 6.42 Å². The number of alkyl halides is 1. The molecule has 18 heavy (non-hydrogen) atoms. The average molecular weight is 263 g/mol. The van der Waals surface area contributed by atoms with Gasteiger partial charge in [-0.3, -0.25) is 0 Å². The van der Waals surface area contributed by atoms with Gasteiger partial charge in [0.2, 0.25) is 0 Å². The van der Waals surface area contributed by atoms with Crippen molar-refractivity contribution in [2.75, 3.05) is 0 Å². The van der Waals surface area contributed by atoms with Crippen molar-refractivity contribution in [2.24, 2.45) is 0 Å². The van der Waals surface area contributed by atoms with E-state index in [0.29, 0.717) is 0 Å². The SMILES string of the molecule is CCCCc1ccc(C(Cl)c2coc(C)c2)cc1. The van der Waals surface area contributed by atoms with Crippen LogP contribution in [0.1, 0.15) is 47.6 Å². The first kappa shape index (κ1) is 13.2. The summed E-state index contributed by atoms with van der Waals surface area (Å²) in [7, 11) is 0. The maximum Gasteiger partial charge on any atom is 0.101 e. The van der Waals surface area contributed by atoms with Crippen LogP contribution in [0.15, 0.2) is 41.0 Å². The molecule has 0 bridgehead atoms. The molecule has 0 spiro atoms. The van der Waals surface area contributed by atoms with Crippen molar-refractivity contribution < 1.29 is 4.42 Å². The summed E-state index contributed by atoms with van der Waals surface area (Å²) < 4.78 is 5.30. The van der Waals surface area contributed by atoms with Crippen molar-refractivity contribution in [1.82, 2.24) is 0 Å². The third kappa shape index (κ3) is 3.17. The standard InChI is InChI=1S/C16H19ClO/c1-3-4-5-13-6-8-14(9-7-13)16(17)15-10-12(2)18-11-15/h6-11,16H,3-5H2,1-2H3. The molecule has 1 aromatic heterocycles. The Balaban J connectivity index is 2.09. The van der Waals surface area contributed by atoms with Crippen molar-refractivity contribution in [3.63, 3.8) is 0 Å². The van der Waals surface area contributed by atoms with Gasteiger partial charge in [-0.15, -0.1) is 11.6 Å². The highest BCUT2D eigenvalue weighted by molar-refractivity contribution is 6.22. The summed E-state index contributed by atoms with van der Waals surface area (Å²) in [5.41, 5.74) is 3.53. The molecule has 0 saturated carbocycles. The fourth-order valence-electron chi connectivity index (χ4n) is 2.02. The molecule has 0 aliphatic heterocycles.